The summed E-state index contributed by atoms with van der Waals surface area (Å²) in [5, 5.41) is 14.5. The van der Waals surface area contributed by atoms with Gasteiger partial charge < -0.3 is 4.90 Å². The van der Waals surface area contributed by atoms with Gasteiger partial charge in [0, 0.05) is 43.8 Å². The third-order valence-electron chi connectivity index (χ3n) is 5.26. The van der Waals surface area contributed by atoms with Gasteiger partial charge in [-0.3, -0.25) is 14.5 Å². The molecule has 0 aliphatic carbocycles. The first kappa shape index (κ1) is 17.2. The third-order valence-corrected chi connectivity index (χ3v) is 5.26. The lowest BCUT2D eigenvalue weighted by molar-refractivity contribution is 0.0659. The van der Waals surface area contributed by atoms with E-state index in [1.165, 1.54) is 0 Å². The summed E-state index contributed by atoms with van der Waals surface area (Å²) in [7, 11) is 1.81. The van der Waals surface area contributed by atoms with Gasteiger partial charge in [0.05, 0.1) is 22.8 Å². The van der Waals surface area contributed by atoms with E-state index < -0.39 is 0 Å². The average molecular weight is 359 g/mol. The van der Waals surface area contributed by atoms with E-state index in [2.05, 4.69) is 23.1 Å². The summed E-state index contributed by atoms with van der Waals surface area (Å²) < 4.78 is 1.65. The fraction of sp³-hybridized carbons (Fsp3) is 0.333. The Labute approximate surface area is 158 Å². The molecule has 0 unspecified atom stereocenters. The van der Waals surface area contributed by atoms with Crippen LogP contribution in [-0.2, 0) is 7.05 Å². The van der Waals surface area contributed by atoms with Crippen molar-refractivity contribution in [2.45, 2.75) is 19.3 Å². The topological polar surface area (TPSA) is 74.8 Å². The monoisotopic (exact) mass is 359 g/mol. The Morgan fingerprint density at radius 2 is 2.15 bits per heavy atom. The summed E-state index contributed by atoms with van der Waals surface area (Å²) in [6, 6.07) is 10.0. The summed E-state index contributed by atoms with van der Waals surface area (Å²) >= 11 is 0. The summed E-state index contributed by atoms with van der Waals surface area (Å²) in [5.41, 5.74) is 3.10. The predicted octanol–water partition coefficient (Wildman–Crippen LogP) is 3.11. The van der Waals surface area contributed by atoms with Crippen molar-refractivity contribution >= 4 is 16.8 Å². The maximum Gasteiger partial charge on any atom is 0.257 e. The number of carbonyl (C=O) groups is 1. The van der Waals surface area contributed by atoms with Crippen LogP contribution in [0.1, 0.15) is 40.7 Å². The number of carbonyl (C=O) groups excluding carboxylic acids is 1. The Morgan fingerprint density at radius 3 is 2.89 bits per heavy atom. The maximum absolute atomic E-state index is 12.9. The number of nitriles is 1. The van der Waals surface area contributed by atoms with Crippen LogP contribution in [0.4, 0.5) is 0 Å². The van der Waals surface area contributed by atoms with Crippen LogP contribution < -0.4 is 0 Å². The van der Waals surface area contributed by atoms with Crippen LogP contribution in [0.15, 0.2) is 42.9 Å². The van der Waals surface area contributed by atoms with Gasteiger partial charge in [-0.05, 0) is 30.0 Å². The van der Waals surface area contributed by atoms with Crippen LogP contribution in [0.25, 0.3) is 10.9 Å². The molecule has 2 aromatic heterocycles. The Morgan fingerprint density at radius 1 is 1.30 bits per heavy atom. The molecule has 0 spiro atoms. The lowest BCUT2D eigenvalue weighted by Gasteiger charge is -2.37. The molecule has 1 aromatic carbocycles. The molecule has 4 rings (SSSR count). The zero-order valence-electron chi connectivity index (χ0n) is 15.5. The summed E-state index contributed by atoms with van der Waals surface area (Å²) in [5.74, 6) is 0.635. The Balaban J connectivity index is 1.69. The number of aryl methyl sites for hydroxylation is 1. The number of piperidine rings is 1. The molecule has 0 radical (unpaired) electrons. The van der Waals surface area contributed by atoms with Crippen LogP contribution >= 0.6 is 0 Å². The van der Waals surface area contributed by atoms with E-state index in [1.807, 2.05) is 36.2 Å². The summed E-state index contributed by atoms with van der Waals surface area (Å²) in [6.07, 6.45) is 6.11. The number of rotatable bonds is 2. The minimum Gasteiger partial charge on any atom is -0.338 e. The first-order valence-corrected chi connectivity index (χ1v) is 9.12. The standard InChI is InChI=1S/C21H21N5O/c1-14-8-16(13-26(11-14)21(27)17-10-24-25(2)12-17)18-6-5-15(9-22)20-19(18)4-3-7-23-20/h3-7,10,12,14,16H,8,11,13H2,1-2H3/t14-,16+/m1/s1. The molecule has 2 atom stereocenters. The zero-order valence-corrected chi connectivity index (χ0v) is 15.5. The summed E-state index contributed by atoms with van der Waals surface area (Å²) in [6.45, 7) is 3.59. The fourth-order valence-electron chi connectivity index (χ4n) is 4.10. The molecule has 1 saturated heterocycles. The Bertz CT molecular complexity index is 1050. The average Bonchev–Trinajstić information content (AvgIpc) is 3.12. The van der Waals surface area contributed by atoms with E-state index in [0.29, 0.717) is 23.6 Å². The third kappa shape index (κ3) is 3.17. The number of pyridine rings is 1. The largest absolute Gasteiger partial charge is 0.338 e. The lowest BCUT2D eigenvalue weighted by atomic mass is 9.83. The van der Waals surface area contributed by atoms with E-state index >= 15 is 0 Å². The highest BCUT2D eigenvalue weighted by molar-refractivity contribution is 5.94. The lowest BCUT2D eigenvalue weighted by Crippen LogP contribution is -2.42. The molecular formula is C21H21N5O. The number of fused-ring (bicyclic) bond motifs is 1. The second kappa shape index (κ2) is 6.84. The summed E-state index contributed by atoms with van der Waals surface area (Å²) in [4.78, 5) is 19.3. The molecule has 6 heteroatoms. The minimum atomic E-state index is 0.0238. The Kier molecular flexibility index (Phi) is 4.36. The maximum atomic E-state index is 12.9. The molecular weight excluding hydrogens is 338 g/mol. The quantitative estimate of drug-likeness (QED) is 0.705. The van der Waals surface area contributed by atoms with Gasteiger partial charge in [-0.25, -0.2) is 0 Å². The second-order valence-corrected chi connectivity index (χ2v) is 7.36. The highest BCUT2D eigenvalue weighted by Gasteiger charge is 2.30. The molecule has 3 heterocycles. The van der Waals surface area contributed by atoms with Crippen molar-refractivity contribution in [3.8, 4) is 6.07 Å². The number of hydrogen-bond donors (Lipinski definition) is 0. The van der Waals surface area contributed by atoms with Crippen molar-refractivity contribution in [1.82, 2.24) is 19.7 Å². The number of nitrogens with zero attached hydrogens (tertiary/aromatic N) is 5. The normalized spacial score (nSPS) is 19.8. The van der Waals surface area contributed by atoms with Gasteiger partial charge in [0.25, 0.3) is 5.91 Å². The molecule has 6 nitrogen and oxygen atoms in total. The van der Waals surface area contributed by atoms with Crippen LogP contribution in [0.5, 0.6) is 0 Å². The smallest absolute Gasteiger partial charge is 0.257 e. The van der Waals surface area contributed by atoms with Gasteiger partial charge in [0.1, 0.15) is 6.07 Å². The SMILES string of the molecule is C[C@@H]1C[C@H](c2ccc(C#N)c3ncccc23)CN(C(=O)c2cnn(C)c2)C1. The van der Waals surface area contributed by atoms with E-state index in [9.17, 15) is 10.1 Å². The van der Waals surface area contributed by atoms with E-state index in [0.717, 1.165) is 29.4 Å². The molecule has 1 amide bonds. The molecule has 3 aromatic rings. The highest BCUT2D eigenvalue weighted by Crippen LogP contribution is 2.35. The second-order valence-electron chi connectivity index (χ2n) is 7.36. The minimum absolute atomic E-state index is 0.0238. The van der Waals surface area contributed by atoms with Gasteiger partial charge in [0.2, 0.25) is 0 Å². The van der Waals surface area contributed by atoms with Crippen molar-refractivity contribution < 1.29 is 4.79 Å². The molecule has 0 N–H and O–H groups in total. The molecule has 0 bridgehead atoms. The van der Waals surface area contributed by atoms with Crippen molar-refractivity contribution in [3.63, 3.8) is 0 Å². The van der Waals surface area contributed by atoms with Crippen LogP contribution in [-0.4, -0.2) is 38.7 Å². The van der Waals surface area contributed by atoms with Gasteiger partial charge in [-0.2, -0.15) is 10.4 Å². The van der Waals surface area contributed by atoms with Gasteiger partial charge >= 0.3 is 0 Å². The molecule has 0 saturated carbocycles. The number of amides is 1. The first-order valence-electron chi connectivity index (χ1n) is 9.12. The predicted molar refractivity (Wildman–Crippen MR) is 102 cm³/mol. The van der Waals surface area contributed by atoms with Crippen molar-refractivity contribution in [2.75, 3.05) is 13.1 Å². The van der Waals surface area contributed by atoms with Gasteiger partial charge in [0.15, 0.2) is 0 Å². The van der Waals surface area contributed by atoms with E-state index in [-0.39, 0.29) is 11.8 Å². The molecule has 1 aliphatic heterocycles. The first-order chi connectivity index (χ1) is 13.1. The van der Waals surface area contributed by atoms with E-state index in [1.54, 1.807) is 23.3 Å². The number of benzene rings is 1. The fourth-order valence-corrected chi connectivity index (χ4v) is 4.10. The number of aromatic nitrogens is 3. The van der Waals surface area contributed by atoms with Crippen LogP contribution in [0.2, 0.25) is 0 Å². The number of hydrogen-bond acceptors (Lipinski definition) is 4. The van der Waals surface area contributed by atoms with Gasteiger partial charge in [-0.15, -0.1) is 0 Å². The zero-order chi connectivity index (χ0) is 19.0. The van der Waals surface area contributed by atoms with Crippen LogP contribution in [0.3, 0.4) is 0 Å². The van der Waals surface area contributed by atoms with E-state index in [4.69, 9.17) is 0 Å². The molecule has 136 valence electrons. The highest BCUT2D eigenvalue weighted by atomic mass is 16.2. The Hall–Kier alpha value is -3.20. The molecule has 1 fully saturated rings. The molecule has 27 heavy (non-hydrogen) atoms. The number of likely N-dealkylation sites (tertiary alicyclic amines) is 1. The van der Waals surface area contributed by atoms with Gasteiger partial charge in [-0.1, -0.05) is 19.1 Å². The molecule has 1 aliphatic rings. The van der Waals surface area contributed by atoms with Crippen molar-refractivity contribution in [1.29, 1.82) is 5.26 Å². The van der Waals surface area contributed by atoms with Crippen LogP contribution in [0, 0.1) is 17.2 Å². The van der Waals surface area contributed by atoms with Crippen molar-refractivity contribution in [2.24, 2.45) is 13.0 Å². The van der Waals surface area contributed by atoms with Crippen molar-refractivity contribution in [3.05, 3.63) is 59.5 Å².